The van der Waals surface area contributed by atoms with Crippen LogP contribution in [0.25, 0.3) is 0 Å². The predicted molar refractivity (Wildman–Crippen MR) is 106 cm³/mol. The molecule has 8 heteroatoms. The molecular formula is C18H31NO5SSi. The summed E-state index contributed by atoms with van der Waals surface area (Å²) in [6.45, 7) is 10.6. The fourth-order valence-corrected chi connectivity index (χ4v) is 3.74. The molecule has 0 spiro atoms. The van der Waals surface area contributed by atoms with Gasteiger partial charge in [-0.2, -0.15) is 8.42 Å². The van der Waals surface area contributed by atoms with Crippen LogP contribution in [-0.2, 0) is 30.1 Å². The average Bonchev–Trinajstić information content (AvgIpc) is 2.49. The van der Waals surface area contributed by atoms with Crippen molar-refractivity contribution in [3.8, 4) is 0 Å². The summed E-state index contributed by atoms with van der Waals surface area (Å²) in [4.78, 5) is 12.3. The summed E-state index contributed by atoms with van der Waals surface area (Å²) in [5, 5.41) is 2.78. The number of carbonyl (C=O) groups is 1. The zero-order valence-corrected chi connectivity index (χ0v) is 18.4. The van der Waals surface area contributed by atoms with Crippen molar-refractivity contribution < 1.29 is 21.8 Å². The van der Waals surface area contributed by atoms with Gasteiger partial charge >= 0.3 is 0 Å². The van der Waals surface area contributed by atoms with Crippen LogP contribution in [0.15, 0.2) is 30.3 Å². The smallest absolute Gasteiger partial charge is 0.264 e. The van der Waals surface area contributed by atoms with E-state index in [9.17, 15) is 13.2 Å². The van der Waals surface area contributed by atoms with E-state index in [1.165, 1.54) is 0 Å². The average molecular weight is 402 g/mol. The molecule has 0 aliphatic carbocycles. The van der Waals surface area contributed by atoms with E-state index in [1.807, 2.05) is 30.3 Å². The van der Waals surface area contributed by atoms with E-state index < -0.39 is 24.5 Å². The Kier molecular flexibility index (Phi) is 8.00. The van der Waals surface area contributed by atoms with Gasteiger partial charge in [0.05, 0.1) is 25.4 Å². The Morgan fingerprint density at radius 2 is 1.77 bits per heavy atom. The molecule has 0 saturated carbocycles. The molecule has 0 aliphatic rings. The number of hydrogen-bond donors (Lipinski definition) is 1. The van der Waals surface area contributed by atoms with Crippen molar-refractivity contribution in [2.75, 3.05) is 12.9 Å². The number of benzene rings is 1. The highest BCUT2D eigenvalue weighted by Crippen LogP contribution is 2.37. The van der Waals surface area contributed by atoms with Crippen molar-refractivity contribution in [3.63, 3.8) is 0 Å². The third-order valence-corrected chi connectivity index (χ3v) is 9.58. The third-order valence-electron chi connectivity index (χ3n) is 4.48. The van der Waals surface area contributed by atoms with Crippen molar-refractivity contribution >= 4 is 24.3 Å². The molecule has 1 atom stereocenters. The van der Waals surface area contributed by atoms with Crippen molar-refractivity contribution in [3.05, 3.63) is 35.9 Å². The van der Waals surface area contributed by atoms with Gasteiger partial charge in [-0.1, -0.05) is 51.1 Å². The summed E-state index contributed by atoms with van der Waals surface area (Å²) < 4.78 is 33.8. The second kappa shape index (κ2) is 9.12. The minimum atomic E-state index is -3.60. The summed E-state index contributed by atoms with van der Waals surface area (Å²) in [5.74, 6) is -0.199. The van der Waals surface area contributed by atoms with Crippen molar-refractivity contribution in [2.24, 2.45) is 0 Å². The van der Waals surface area contributed by atoms with E-state index in [0.29, 0.717) is 6.54 Å². The van der Waals surface area contributed by atoms with E-state index in [4.69, 9.17) is 8.61 Å². The van der Waals surface area contributed by atoms with Crippen LogP contribution in [0.4, 0.5) is 0 Å². The Morgan fingerprint density at radius 3 is 2.27 bits per heavy atom. The molecule has 1 amide bonds. The predicted octanol–water partition coefficient (Wildman–Crippen LogP) is 3.06. The maximum atomic E-state index is 12.3. The van der Waals surface area contributed by atoms with Gasteiger partial charge in [-0.05, 0) is 23.7 Å². The first kappa shape index (κ1) is 22.8. The number of amides is 1. The van der Waals surface area contributed by atoms with Crippen LogP contribution >= 0.6 is 0 Å². The van der Waals surface area contributed by atoms with Gasteiger partial charge in [0.1, 0.15) is 0 Å². The third kappa shape index (κ3) is 8.44. The summed E-state index contributed by atoms with van der Waals surface area (Å²) in [6, 6.07) is 9.58. The molecule has 0 heterocycles. The van der Waals surface area contributed by atoms with E-state index >= 15 is 0 Å². The van der Waals surface area contributed by atoms with Gasteiger partial charge in [0.25, 0.3) is 10.1 Å². The van der Waals surface area contributed by atoms with Gasteiger partial charge in [0, 0.05) is 6.54 Å². The van der Waals surface area contributed by atoms with Gasteiger partial charge in [0.2, 0.25) is 5.91 Å². The van der Waals surface area contributed by atoms with Gasteiger partial charge in [0.15, 0.2) is 8.32 Å². The van der Waals surface area contributed by atoms with Crippen LogP contribution in [-0.4, -0.2) is 41.6 Å². The number of carbonyl (C=O) groups excluding carboxylic acids is 1. The maximum absolute atomic E-state index is 12.3. The molecule has 1 N–H and O–H groups in total. The summed E-state index contributed by atoms with van der Waals surface area (Å²) >= 11 is 0. The molecule has 1 aromatic carbocycles. The van der Waals surface area contributed by atoms with Crippen LogP contribution < -0.4 is 5.32 Å². The van der Waals surface area contributed by atoms with E-state index in [1.54, 1.807) is 0 Å². The lowest BCUT2D eigenvalue weighted by Gasteiger charge is -2.39. The lowest BCUT2D eigenvalue weighted by atomic mass is 10.2. The van der Waals surface area contributed by atoms with Crippen LogP contribution in [0.3, 0.4) is 0 Å². The van der Waals surface area contributed by atoms with Crippen LogP contribution in [0.1, 0.15) is 32.8 Å². The van der Waals surface area contributed by atoms with Crippen LogP contribution in [0.5, 0.6) is 0 Å². The van der Waals surface area contributed by atoms with Crippen molar-refractivity contribution in [1.29, 1.82) is 0 Å². The van der Waals surface area contributed by atoms with Crippen LogP contribution in [0.2, 0.25) is 18.1 Å². The Labute approximate surface area is 158 Å². The Bertz CT molecular complexity index is 683. The topological polar surface area (TPSA) is 81.7 Å². The number of nitrogens with one attached hydrogen (secondary N) is 1. The zero-order valence-electron chi connectivity index (χ0n) is 16.5. The lowest BCUT2D eigenvalue weighted by molar-refractivity contribution is -0.123. The maximum Gasteiger partial charge on any atom is 0.264 e. The molecule has 0 fully saturated rings. The Hall–Kier alpha value is -1.22. The van der Waals surface area contributed by atoms with E-state index in [-0.39, 0.29) is 24.0 Å². The van der Waals surface area contributed by atoms with Crippen molar-refractivity contribution in [2.45, 2.75) is 58.0 Å². The minimum absolute atomic E-state index is 0.0505. The molecule has 0 saturated heterocycles. The second-order valence-electron chi connectivity index (χ2n) is 7.96. The first-order chi connectivity index (χ1) is 11.8. The normalized spacial score (nSPS) is 14.1. The minimum Gasteiger partial charge on any atom is -0.411 e. The first-order valence-electron chi connectivity index (χ1n) is 8.63. The molecule has 1 aromatic rings. The van der Waals surface area contributed by atoms with Gasteiger partial charge < -0.3 is 9.74 Å². The first-order valence-corrected chi connectivity index (χ1v) is 13.4. The molecule has 0 unspecified atom stereocenters. The fourth-order valence-electron chi connectivity index (χ4n) is 2.00. The molecular weight excluding hydrogens is 370 g/mol. The van der Waals surface area contributed by atoms with E-state index in [0.717, 1.165) is 11.8 Å². The van der Waals surface area contributed by atoms with Gasteiger partial charge in [-0.15, -0.1) is 0 Å². The largest absolute Gasteiger partial charge is 0.411 e. The summed E-state index contributed by atoms with van der Waals surface area (Å²) in [6.07, 6.45) is 0.433. The molecule has 26 heavy (non-hydrogen) atoms. The van der Waals surface area contributed by atoms with Crippen LogP contribution in [0, 0.1) is 0 Å². The molecule has 0 aliphatic heterocycles. The molecule has 0 radical (unpaired) electrons. The monoisotopic (exact) mass is 401 g/mol. The standard InChI is InChI=1S/C18H31NO5SSi/c1-18(2,3)26(5,6)24-16(14-23-25(4,21)22)12-17(20)19-13-15-10-8-7-9-11-15/h7-11,16H,12-14H2,1-6H3,(H,19,20)/t16-/m0/s1. The molecule has 148 valence electrons. The molecule has 1 rings (SSSR count). The van der Waals surface area contributed by atoms with E-state index in [2.05, 4.69) is 39.2 Å². The summed E-state index contributed by atoms with van der Waals surface area (Å²) in [5.41, 5.74) is 0.995. The number of hydrogen-bond acceptors (Lipinski definition) is 5. The fraction of sp³-hybridized carbons (Fsp3) is 0.611. The molecule has 6 nitrogen and oxygen atoms in total. The SMILES string of the molecule is CC(C)(C)[Si](C)(C)O[C@H](COS(C)(=O)=O)CC(=O)NCc1ccccc1. The Balaban J connectivity index is 2.72. The van der Waals surface area contributed by atoms with Crippen molar-refractivity contribution in [1.82, 2.24) is 5.32 Å². The highest BCUT2D eigenvalue weighted by Gasteiger charge is 2.39. The molecule has 0 bridgehead atoms. The highest BCUT2D eigenvalue weighted by molar-refractivity contribution is 7.85. The highest BCUT2D eigenvalue weighted by atomic mass is 32.2. The molecule has 0 aromatic heterocycles. The van der Waals surface area contributed by atoms with Gasteiger partial charge in [-0.25, -0.2) is 0 Å². The van der Waals surface area contributed by atoms with Gasteiger partial charge in [-0.3, -0.25) is 8.98 Å². The lowest BCUT2D eigenvalue weighted by Crippen LogP contribution is -2.46. The quantitative estimate of drug-likeness (QED) is 0.508. The second-order valence-corrected chi connectivity index (χ2v) is 14.4. The summed E-state index contributed by atoms with van der Waals surface area (Å²) in [7, 11) is -5.77. The zero-order chi connectivity index (χ0) is 20.0. The Morgan fingerprint density at radius 1 is 1.19 bits per heavy atom. The number of rotatable bonds is 9.